The summed E-state index contributed by atoms with van der Waals surface area (Å²) in [5.74, 6) is -1.04. The van der Waals surface area contributed by atoms with Crippen molar-refractivity contribution in [2.45, 2.75) is 51.5 Å². The lowest BCUT2D eigenvalue weighted by atomic mass is 9.77. The molecule has 1 aromatic rings. The number of pyridine rings is 1. The van der Waals surface area contributed by atoms with Gasteiger partial charge in [0.25, 0.3) is 0 Å². The quantitative estimate of drug-likeness (QED) is 0.817. The molecule has 21 heavy (non-hydrogen) atoms. The summed E-state index contributed by atoms with van der Waals surface area (Å²) in [6.45, 7) is 0.343. The Bertz CT molecular complexity index is 480. The van der Waals surface area contributed by atoms with Crippen molar-refractivity contribution in [2.75, 3.05) is 0 Å². The van der Waals surface area contributed by atoms with Gasteiger partial charge in [-0.1, -0.05) is 31.7 Å². The molecule has 0 spiro atoms. The average molecular weight is 290 g/mol. The standard InChI is InChI=1S/C16H22N2O3/c19-14(18-12-13-7-3-6-10-17-13)11-16(15(20)21)8-4-1-2-5-9-16/h3,6-7,10H,1-2,4-5,8-9,11-12H2,(H,18,19)(H,20,21). The fourth-order valence-electron chi connectivity index (χ4n) is 2.93. The average Bonchev–Trinajstić information content (AvgIpc) is 2.73. The maximum atomic E-state index is 12.1. The fraction of sp³-hybridized carbons (Fsp3) is 0.562. The predicted octanol–water partition coefficient (Wildman–Crippen LogP) is 2.51. The molecule has 0 aliphatic heterocycles. The van der Waals surface area contributed by atoms with Gasteiger partial charge in [0.05, 0.1) is 17.7 Å². The van der Waals surface area contributed by atoms with Gasteiger partial charge in [-0.25, -0.2) is 0 Å². The molecular weight excluding hydrogens is 268 g/mol. The smallest absolute Gasteiger partial charge is 0.310 e. The van der Waals surface area contributed by atoms with Crippen LogP contribution in [0.25, 0.3) is 0 Å². The van der Waals surface area contributed by atoms with Gasteiger partial charge in [-0.3, -0.25) is 14.6 Å². The van der Waals surface area contributed by atoms with E-state index in [0.29, 0.717) is 19.4 Å². The van der Waals surface area contributed by atoms with E-state index in [9.17, 15) is 14.7 Å². The largest absolute Gasteiger partial charge is 0.481 e. The zero-order chi connectivity index (χ0) is 15.1. The number of carbonyl (C=O) groups is 2. The van der Waals surface area contributed by atoms with E-state index in [-0.39, 0.29) is 12.3 Å². The third-order valence-corrected chi connectivity index (χ3v) is 4.21. The molecule has 0 aromatic carbocycles. The van der Waals surface area contributed by atoms with Crippen LogP contribution in [0, 0.1) is 5.41 Å². The minimum absolute atomic E-state index is 0.0646. The van der Waals surface area contributed by atoms with Crippen molar-refractivity contribution in [1.29, 1.82) is 0 Å². The Morgan fingerprint density at radius 2 is 1.90 bits per heavy atom. The van der Waals surface area contributed by atoms with E-state index in [1.54, 1.807) is 6.20 Å². The molecule has 0 saturated heterocycles. The van der Waals surface area contributed by atoms with Gasteiger partial charge >= 0.3 is 5.97 Å². The molecule has 1 aromatic heterocycles. The zero-order valence-corrected chi connectivity index (χ0v) is 12.2. The second-order valence-electron chi connectivity index (χ2n) is 5.77. The Morgan fingerprint density at radius 3 is 2.48 bits per heavy atom. The second-order valence-corrected chi connectivity index (χ2v) is 5.77. The molecule has 0 bridgehead atoms. The van der Waals surface area contributed by atoms with Gasteiger partial charge in [-0.05, 0) is 25.0 Å². The molecule has 1 aliphatic carbocycles. The highest BCUT2D eigenvalue weighted by Crippen LogP contribution is 2.38. The van der Waals surface area contributed by atoms with Crippen LogP contribution in [-0.4, -0.2) is 22.0 Å². The minimum atomic E-state index is -0.884. The zero-order valence-electron chi connectivity index (χ0n) is 12.2. The van der Waals surface area contributed by atoms with Gasteiger partial charge in [-0.2, -0.15) is 0 Å². The van der Waals surface area contributed by atoms with E-state index in [0.717, 1.165) is 31.4 Å². The van der Waals surface area contributed by atoms with Crippen LogP contribution >= 0.6 is 0 Å². The Hall–Kier alpha value is -1.91. The Balaban J connectivity index is 1.93. The first kappa shape index (κ1) is 15.5. The lowest BCUT2D eigenvalue weighted by molar-refractivity contribution is -0.152. The number of rotatable bonds is 5. The van der Waals surface area contributed by atoms with Crippen LogP contribution in [0.4, 0.5) is 0 Å². The van der Waals surface area contributed by atoms with E-state index >= 15 is 0 Å². The molecule has 1 fully saturated rings. The van der Waals surface area contributed by atoms with Gasteiger partial charge in [-0.15, -0.1) is 0 Å². The van der Waals surface area contributed by atoms with Crippen LogP contribution in [0.2, 0.25) is 0 Å². The van der Waals surface area contributed by atoms with Crippen LogP contribution in [0.1, 0.15) is 50.6 Å². The summed E-state index contributed by atoms with van der Waals surface area (Å²) in [5.41, 5.74) is -0.110. The van der Waals surface area contributed by atoms with Crippen molar-refractivity contribution in [1.82, 2.24) is 10.3 Å². The topological polar surface area (TPSA) is 79.3 Å². The van der Waals surface area contributed by atoms with Gasteiger partial charge < -0.3 is 10.4 Å². The molecule has 0 radical (unpaired) electrons. The maximum Gasteiger partial charge on any atom is 0.310 e. The van der Waals surface area contributed by atoms with Crippen molar-refractivity contribution >= 4 is 11.9 Å². The first-order chi connectivity index (χ1) is 10.1. The third-order valence-electron chi connectivity index (χ3n) is 4.21. The number of aromatic nitrogens is 1. The fourth-order valence-corrected chi connectivity index (χ4v) is 2.93. The Labute approximate surface area is 124 Å². The summed E-state index contributed by atoms with van der Waals surface area (Å²) < 4.78 is 0. The van der Waals surface area contributed by atoms with Gasteiger partial charge in [0, 0.05) is 12.6 Å². The van der Waals surface area contributed by atoms with Gasteiger partial charge in [0.2, 0.25) is 5.91 Å². The molecule has 5 nitrogen and oxygen atoms in total. The maximum absolute atomic E-state index is 12.1. The molecule has 2 N–H and O–H groups in total. The number of hydrogen-bond acceptors (Lipinski definition) is 3. The number of carboxylic acid groups (broad SMARTS) is 1. The highest BCUT2D eigenvalue weighted by molar-refractivity contribution is 5.85. The summed E-state index contributed by atoms with van der Waals surface area (Å²) in [7, 11) is 0. The van der Waals surface area contributed by atoms with E-state index in [4.69, 9.17) is 0 Å². The van der Waals surface area contributed by atoms with Gasteiger partial charge in [0.15, 0.2) is 0 Å². The molecule has 1 saturated carbocycles. The van der Waals surface area contributed by atoms with E-state index in [2.05, 4.69) is 10.3 Å². The molecule has 1 amide bonds. The van der Waals surface area contributed by atoms with Crippen LogP contribution in [0.5, 0.6) is 0 Å². The van der Waals surface area contributed by atoms with Crippen molar-refractivity contribution in [3.63, 3.8) is 0 Å². The van der Waals surface area contributed by atoms with E-state index in [1.165, 1.54) is 0 Å². The molecule has 0 unspecified atom stereocenters. The van der Waals surface area contributed by atoms with Crippen LogP contribution < -0.4 is 5.32 Å². The number of carboxylic acids is 1. The van der Waals surface area contributed by atoms with E-state index < -0.39 is 11.4 Å². The summed E-state index contributed by atoms with van der Waals surface area (Å²) in [6, 6.07) is 5.51. The molecular formula is C16H22N2O3. The van der Waals surface area contributed by atoms with Crippen LogP contribution in [0.3, 0.4) is 0 Å². The third kappa shape index (κ3) is 4.28. The monoisotopic (exact) mass is 290 g/mol. The summed E-state index contributed by atoms with van der Waals surface area (Å²) in [6.07, 6.45) is 6.83. The van der Waals surface area contributed by atoms with Crippen molar-refractivity contribution in [3.05, 3.63) is 30.1 Å². The minimum Gasteiger partial charge on any atom is -0.481 e. The number of hydrogen-bond donors (Lipinski definition) is 2. The van der Waals surface area contributed by atoms with Gasteiger partial charge in [0.1, 0.15) is 0 Å². The highest BCUT2D eigenvalue weighted by atomic mass is 16.4. The lowest BCUT2D eigenvalue weighted by Gasteiger charge is -2.27. The first-order valence-electron chi connectivity index (χ1n) is 7.52. The normalized spacial score (nSPS) is 17.7. The number of carbonyl (C=O) groups excluding carboxylic acids is 1. The number of amides is 1. The number of nitrogens with one attached hydrogen (secondary N) is 1. The summed E-state index contributed by atoms with van der Waals surface area (Å²) in [4.78, 5) is 27.9. The highest BCUT2D eigenvalue weighted by Gasteiger charge is 2.40. The van der Waals surface area contributed by atoms with Crippen LogP contribution in [0.15, 0.2) is 24.4 Å². The second kappa shape index (κ2) is 7.20. The number of aliphatic carboxylic acids is 1. The Kier molecular flexibility index (Phi) is 5.31. The van der Waals surface area contributed by atoms with Crippen molar-refractivity contribution in [3.8, 4) is 0 Å². The predicted molar refractivity (Wildman–Crippen MR) is 78.5 cm³/mol. The first-order valence-corrected chi connectivity index (χ1v) is 7.52. The molecule has 1 aliphatic rings. The molecule has 0 atom stereocenters. The molecule has 1 heterocycles. The summed E-state index contributed by atoms with van der Waals surface area (Å²) >= 11 is 0. The Morgan fingerprint density at radius 1 is 1.19 bits per heavy atom. The summed E-state index contributed by atoms with van der Waals surface area (Å²) in [5, 5.41) is 12.3. The molecule has 5 heteroatoms. The van der Waals surface area contributed by atoms with Crippen LogP contribution in [-0.2, 0) is 16.1 Å². The number of nitrogens with zero attached hydrogens (tertiary/aromatic N) is 1. The lowest BCUT2D eigenvalue weighted by Crippen LogP contribution is -2.37. The van der Waals surface area contributed by atoms with Crippen molar-refractivity contribution in [2.24, 2.45) is 5.41 Å². The van der Waals surface area contributed by atoms with E-state index in [1.807, 2.05) is 18.2 Å². The molecule has 114 valence electrons. The molecule has 2 rings (SSSR count). The van der Waals surface area contributed by atoms with Crippen molar-refractivity contribution < 1.29 is 14.7 Å². The SMILES string of the molecule is O=C(CC1(C(=O)O)CCCCCC1)NCc1ccccn1.